The molecule has 0 bridgehead atoms. The monoisotopic (exact) mass is 570 g/mol. The number of hydrogen-bond donors (Lipinski definition) is 3. The number of aliphatic hydroxyl groups is 1. The second-order valence-corrected chi connectivity index (χ2v) is 10.4. The van der Waals surface area contributed by atoms with Gasteiger partial charge in [-0.15, -0.1) is 0 Å². The summed E-state index contributed by atoms with van der Waals surface area (Å²) in [6.45, 7) is 1.85. The van der Waals surface area contributed by atoms with E-state index in [9.17, 15) is 19.6 Å². The third-order valence-electron chi connectivity index (χ3n) is 7.19. The van der Waals surface area contributed by atoms with Crippen LogP contribution in [-0.2, 0) is 19.1 Å². The Morgan fingerprint density at radius 1 is 1.23 bits per heavy atom. The van der Waals surface area contributed by atoms with Crippen molar-refractivity contribution in [2.75, 3.05) is 44.7 Å². The summed E-state index contributed by atoms with van der Waals surface area (Å²) in [5.74, 6) is -2.63. The minimum absolute atomic E-state index is 0.0114. The molecule has 0 radical (unpaired) electrons. The lowest BCUT2D eigenvalue weighted by molar-refractivity contribution is -0.144. The number of aromatic amines is 1. The first-order valence-electron chi connectivity index (χ1n) is 13.8. The minimum Gasteiger partial charge on any atom is -0.464 e. The molecular weight excluding hydrogens is 536 g/mol. The van der Waals surface area contributed by atoms with Gasteiger partial charge >= 0.3 is 5.97 Å². The Labute approximate surface area is 238 Å². The van der Waals surface area contributed by atoms with Crippen molar-refractivity contribution in [3.63, 3.8) is 0 Å². The fraction of sp³-hybridized carbons (Fsp3) is 0.536. The smallest absolute Gasteiger partial charge is 0.331 e. The second-order valence-electron chi connectivity index (χ2n) is 10.0. The maximum Gasteiger partial charge on any atom is 0.331 e. The summed E-state index contributed by atoms with van der Waals surface area (Å²) in [5.41, 5.74) is 1.18. The van der Waals surface area contributed by atoms with Crippen molar-refractivity contribution in [3.8, 4) is 6.07 Å². The highest BCUT2D eigenvalue weighted by atomic mass is 35.5. The molecule has 3 N–H and O–H groups in total. The van der Waals surface area contributed by atoms with E-state index in [2.05, 4.69) is 15.3 Å². The van der Waals surface area contributed by atoms with Crippen LogP contribution < -0.4 is 5.32 Å². The number of aromatic nitrogens is 1. The number of nitriles is 1. The molecule has 2 fully saturated rings. The standard InChI is InChI=1S/C28H35ClN6O5/c29-21-17-31-25-19(21)8-7-10-22(25)32-26(20(16-30)28(39)40-15-6-5-14-36)33-23-9-1-2-13-35(27(23)38)18-24(37)34-11-3-4-12-34/h7-8,10,17,20,23,31,36H,1-6,9,11-15,18H2,(H,32,33)/t20?,23-/m0/s1. The quantitative estimate of drug-likeness (QED) is 0.172. The number of para-hydroxylation sites is 1. The Morgan fingerprint density at radius 2 is 2.00 bits per heavy atom. The Bertz CT molecular complexity index is 1280. The van der Waals surface area contributed by atoms with Gasteiger partial charge < -0.3 is 29.9 Å². The van der Waals surface area contributed by atoms with Crippen LogP contribution in [0.4, 0.5) is 5.69 Å². The number of aliphatic hydroxyl groups excluding tert-OH is 1. The van der Waals surface area contributed by atoms with Crippen LogP contribution in [0.25, 0.3) is 10.9 Å². The number of carbonyl (C=O) groups excluding carboxylic acids is 3. The third kappa shape index (κ3) is 7.11. The van der Waals surface area contributed by atoms with Gasteiger partial charge in [0.25, 0.3) is 0 Å². The van der Waals surface area contributed by atoms with E-state index in [0.717, 1.165) is 24.6 Å². The average molecular weight is 571 g/mol. The minimum atomic E-state index is -1.43. The Balaban J connectivity index is 1.62. The van der Waals surface area contributed by atoms with Gasteiger partial charge in [0.15, 0.2) is 0 Å². The van der Waals surface area contributed by atoms with Crippen LogP contribution in [0.15, 0.2) is 29.4 Å². The fourth-order valence-electron chi connectivity index (χ4n) is 5.00. The number of nitrogens with one attached hydrogen (secondary N) is 2. The van der Waals surface area contributed by atoms with Gasteiger partial charge in [-0.3, -0.25) is 19.4 Å². The van der Waals surface area contributed by atoms with Crippen LogP contribution in [0.5, 0.6) is 0 Å². The highest BCUT2D eigenvalue weighted by Gasteiger charge is 2.33. The number of ether oxygens (including phenoxy) is 1. The number of esters is 1. The number of unbranched alkanes of at least 4 members (excludes halogenated alkanes) is 1. The summed E-state index contributed by atoms with van der Waals surface area (Å²) in [6, 6.07) is 6.46. The number of benzene rings is 1. The molecule has 2 amide bonds. The maximum absolute atomic E-state index is 13.6. The number of nitrogens with zero attached hydrogens (tertiary/aromatic N) is 4. The van der Waals surface area contributed by atoms with Crippen molar-refractivity contribution >= 4 is 51.8 Å². The van der Waals surface area contributed by atoms with E-state index < -0.39 is 17.9 Å². The molecule has 214 valence electrons. The van der Waals surface area contributed by atoms with E-state index in [4.69, 9.17) is 21.4 Å². The van der Waals surface area contributed by atoms with E-state index in [1.807, 2.05) is 12.1 Å². The summed E-state index contributed by atoms with van der Waals surface area (Å²) < 4.78 is 5.31. The van der Waals surface area contributed by atoms with Crippen LogP contribution in [0.1, 0.15) is 44.9 Å². The van der Waals surface area contributed by atoms with Gasteiger partial charge in [-0.1, -0.05) is 23.7 Å². The summed E-state index contributed by atoms with van der Waals surface area (Å²) in [5, 5.41) is 23.4. The molecule has 4 rings (SSSR count). The molecule has 2 aliphatic heterocycles. The first kappa shape index (κ1) is 29.4. The molecule has 11 nitrogen and oxygen atoms in total. The third-order valence-corrected chi connectivity index (χ3v) is 7.51. The van der Waals surface area contributed by atoms with Crippen molar-refractivity contribution in [1.29, 1.82) is 5.26 Å². The SMILES string of the molecule is N#CC(C(=O)OCCCCO)C(=N[C@H]1CCCCN(CC(=O)N2CCCC2)C1=O)Nc1cccc2c(Cl)c[nH]c12. The Morgan fingerprint density at radius 3 is 2.75 bits per heavy atom. The number of halogens is 1. The van der Waals surface area contributed by atoms with Gasteiger partial charge in [0.2, 0.25) is 17.7 Å². The highest BCUT2D eigenvalue weighted by Crippen LogP contribution is 2.29. The number of anilines is 1. The number of carbonyl (C=O) groups is 3. The van der Waals surface area contributed by atoms with Gasteiger partial charge in [0.1, 0.15) is 11.9 Å². The molecule has 1 aromatic carbocycles. The maximum atomic E-state index is 13.6. The largest absolute Gasteiger partial charge is 0.464 e. The van der Waals surface area contributed by atoms with Gasteiger partial charge in [0, 0.05) is 37.8 Å². The van der Waals surface area contributed by atoms with Gasteiger partial charge in [-0.05, 0) is 51.0 Å². The van der Waals surface area contributed by atoms with Crippen LogP contribution in [0.3, 0.4) is 0 Å². The lowest BCUT2D eigenvalue weighted by atomic mass is 10.1. The van der Waals surface area contributed by atoms with Crippen molar-refractivity contribution in [2.45, 2.75) is 51.0 Å². The number of amidine groups is 1. The van der Waals surface area contributed by atoms with Crippen LogP contribution in [0.2, 0.25) is 5.02 Å². The molecule has 12 heteroatoms. The molecule has 2 aromatic rings. The summed E-state index contributed by atoms with van der Waals surface area (Å²) in [6.07, 6.45) is 6.31. The molecule has 1 aromatic heterocycles. The zero-order valence-electron chi connectivity index (χ0n) is 22.4. The number of fused-ring (bicyclic) bond motifs is 1. The van der Waals surface area contributed by atoms with E-state index >= 15 is 0 Å². The average Bonchev–Trinajstić information content (AvgIpc) is 3.59. The van der Waals surface area contributed by atoms with Crippen LogP contribution in [0, 0.1) is 17.2 Å². The summed E-state index contributed by atoms with van der Waals surface area (Å²) in [7, 11) is 0. The molecule has 2 atom stereocenters. The molecule has 0 saturated carbocycles. The molecule has 40 heavy (non-hydrogen) atoms. The Hall–Kier alpha value is -3.62. The van der Waals surface area contributed by atoms with Crippen LogP contribution in [-0.4, -0.2) is 88.9 Å². The Kier molecular flexibility index (Phi) is 10.4. The molecule has 2 saturated heterocycles. The van der Waals surface area contributed by atoms with E-state index in [-0.39, 0.29) is 37.4 Å². The highest BCUT2D eigenvalue weighted by molar-refractivity contribution is 6.36. The zero-order valence-corrected chi connectivity index (χ0v) is 23.2. The number of likely N-dealkylation sites (tertiary alicyclic amines) is 2. The molecule has 0 aliphatic carbocycles. The number of H-pyrrole nitrogens is 1. The molecule has 3 heterocycles. The number of amides is 2. The number of rotatable bonds is 10. The number of aliphatic imine (C=N–C) groups is 1. The molecule has 2 aliphatic rings. The van der Waals surface area contributed by atoms with Gasteiger partial charge in [0.05, 0.1) is 35.4 Å². The zero-order chi connectivity index (χ0) is 28.5. The first-order chi connectivity index (χ1) is 19.4. The first-order valence-corrected chi connectivity index (χ1v) is 14.1. The molecular formula is C28H35ClN6O5. The lowest BCUT2D eigenvalue weighted by Gasteiger charge is -2.25. The van der Waals surface area contributed by atoms with Crippen LogP contribution >= 0.6 is 11.6 Å². The van der Waals surface area contributed by atoms with Crippen molar-refractivity contribution in [1.82, 2.24) is 14.8 Å². The van der Waals surface area contributed by atoms with E-state index in [1.54, 1.807) is 28.1 Å². The van der Waals surface area contributed by atoms with Crippen molar-refractivity contribution in [3.05, 3.63) is 29.4 Å². The van der Waals surface area contributed by atoms with Crippen molar-refractivity contribution < 1.29 is 24.2 Å². The summed E-state index contributed by atoms with van der Waals surface area (Å²) in [4.78, 5) is 50.5. The lowest BCUT2D eigenvalue weighted by Crippen LogP contribution is -2.45. The molecule has 1 unspecified atom stereocenters. The fourth-order valence-corrected chi connectivity index (χ4v) is 5.21. The van der Waals surface area contributed by atoms with Crippen molar-refractivity contribution in [2.24, 2.45) is 10.9 Å². The summed E-state index contributed by atoms with van der Waals surface area (Å²) >= 11 is 6.29. The predicted molar refractivity (Wildman–Crippen MR) is 151 cm³/mol. The topological polar surface area (TPSA) is 151 Å². The van der Waals surface area contributed by atoms with Gasteiger partial charge in [-0.25, -0.2) is 0 Å². The predicted octanol–water partition coefficient (Wildman–Crippen LogP) is 3.09. The van der Waals surface area contributed by atoms with E-state index in [0.29, 0.717) is 61.5 Å². The number of hydrogen-bond acceptors (Lipinski definition) is 7. The second kappa shape index (κ2) is 14.1. The molecule has 0 spiro atoms. The normalized spacial score (nSPS) is 18.9. The van der Waals surface area contributed by atoms with E-state index in [1.165, 1.54) is 0 Å². The van der Waals surface area contributed by atoms with Gasteiger partial charge in [-0.2, -0.15) is 5.26 Å².